The Morgan fingerprint density at radius 2 is 2.38 bits per heavy atom. The summed E-state index contributed by atoms with van der Waals surface area (Å²) in [7, 11) is 0. The number of rotatable bonds is 4. The van der Waals surface area contributed by atoms with Crippen LogP contribution in [-0.4, -0.2) is 19.3 Å². The van der Waals surface area contributed by atoms with Crippen molar-refractivity contribution in [1.29, 1.82) is 0 Å². The van der Waals surface area contributed by atoms with Gasteiger partial charge in [-0.15, -0.1) is 0 Å². The van der Waals surface area contributed by atoms with E-state index in [4.69, 9.17) is 4.74 Å². The molecule has 0 radical (unpaired) electrons. The normalized spacial score (nSPS) is 21.0. The first-order valence-corrected chi connectivity index (χ1v) is 4.52. The quantitative estimate of drug-likeness (QED) is 0.543. The first kappa shape index (κ1) is 10.4. The van der Waals surface area contributed by atoms with E-state index in [0.717, 1.165) is 5.70 Å². The summed E-state index contributed by atoms with van der Waals surface area (Å²) in [6, 6.07) is 0. The molecule has 0 atom stereocenters. The molecule has 0 bridgehead atoms. The van der Waals surface area contributed by atoms with Crippen LogP contribution in [0.3, 0.4) is 0 Å². The second-order valence-corrected chi connectivity index (χ2v) is 3.10. The van der Waals surface area contributed by atoms with Crippen LogP contribution < -0.4 is 5.32 Å². The zero-order valence-corrected chi connectivity index (χ0v) is 7.78. The van der Waals surface area contributed by atoms with Crippen molar-refractivity contribution in [3.05, 3.63) is 11.8 Å². The average Bonchev–Trinajstić information content (AvgIpc) is 2.08. The minimum absolute atomic E-state index is 0.0576. The molecule has 76 valence electrons. The SMILES string of the molecule is CCOCNC1=CCC(F)(F)CC1. The van der Waals surface area contributed by atoms with Gasteiger partial charge in [-0.25, -0.2) is 8.78 Å². The lowest BCUT2D eigenvalue weighted by Crippen LogP contribution is -2.25. The third-order valence-corrected chi connectivity index (χ3v) is 2.01. The van der Waals surface area contributed by atoms with Crippen molar-refractivity contribution in [2.75, 3.05) is 13.3 Å². The molecule has 0 spiro atoms. The van der Waals surface area contributed by atoms with E-state index in [9.17, 15) is 8.78 Å². The van der Waals surface area contributed by atoms with Crippen molar-refractivity contribution in [2.45, 2.75) is 32.1 Å². The standard InChI is InChI=1S/C9H15F2NO/c1-2-13-7-12-8-3-5-9(10,11)6-4-8/h3,12H,2,4-7H2,1H3. The molecule has 0 aromatic heterocycles. The van der Waals surface area contributed by atoms with Gasteiger partial charge in [-0.1, -0.05) is 6.08 Å². The second kappa shape index (κ2) is 4.56. The molecule has 0 saturated heterocycles. The van der Waals surface area contributed by atoms with Crippen LogP contribution in [0.2, 0.25) is 0 Å². The molecule has 0 unspecified atom stereocenters. The largest absolute Gasteiger partial charge is 0.366 e. The molecule has 13 heavy (non-hydrogen) atoms. The highest BCUT2D eigenvalue weighted by atomic mass is 19.3. The van der Waals surface area contributed by atoms with E-state index in [1.54, 1.807) is 6.08 Å². The highest BCUT2D eigenvalue weighted by Crippen LogP contribution is 2.31. The Morgan fingerprint density at radius 1 is 1.62 bits per heavy atom. The minimum Gasteiger partial charge on any atom is -0.366 e. The van der Waals surface area contributed by atoms with Crippen LogP contribution in [-0.2, 0) is 4.74 Å². The lowest BCUT2D eigenvalue weighted by molar-refractivity contribution is -0.0100. The lowest BCUT2D eigenvalue weighted by Gasteiger charge is -2.22. The molecule has 0 aliphatic heterocycles. The van der Waals surface area contributed by atoms with Gasteiger partial charge < -0.3 is 10.1 Å². The van der Waals surface area contributed by atoms with E-state index in [2.05, 4.69) is 5.32 Å². The Morgan fingerprint density at radius 3 is 2.92 bits per heavy atom. The molecule has 0 amide bonds. The summed E-state index contributed by atoms with van der Waals surface area (Å²) < 4.78 is 30.4. The van der Waals surface area contributed by atoms with Gasteiger partial charge in [0.05, 0.1) is 0 Å². The molecule has 0 aromatic rings. The van der Waals surface area contributed by atoms with Crippen LogP contribution in [0.1, 0.15) is 26.2 Å². The molecule has 0 saturated carbocycles. The summed E-state index contributed by atoms with van der Waals surface area (Å²) in [6.45, 7) is 2.94. The maximum absolute atomic E-state index is 12.7. The molecule has 4 heteroatoms. The number of alkyl halides is 2. The molecular weight excluding hydrogens is 176 g/mol. The van der Waals surface area contributed by atoms with Gasteiger partial charge in [0.1, 0.15) is 6.73 Å². The summed E-state index contributed by atoms with van der Waals surface area (Å²) >= 11 is 0. The van der Waals surface area contributed by atoms with E-state index in [1.807, 2.05) is 6.92 Å². The Labute approximate surface area is 77.0 Å². The van der Waals surface area contributed by atoms with E-state index in [1.165, 1.54) is 0 Å². The van der Waals surface area contributed by atoms with Gasteiger partial charge in [0, 0.05) is 25.1 Å². The highest BCUT2D eigenvalue weighted by Gasteiger charge is 2.30. The number of allylic oxidation sites excluding steroid dienone is 2. The fourth-order valence-electron chi connectivity index (χ4n) is 1.20. The van der Waals surface area contributed by atoms with E-state index in [-0.39, 0.29) is 12.8 Å². The van der Waals surface area contributed by atoms with Gasteiger partial charge in [0.15, 0.2) is 0 Å². The summed E-state index contributed by atoms with van der Waals surface area (Å²) in [6.07, 6.45) is 1.77. The van der Waals surface area contributed by atoms with Gasteiger partial charge in [-0.3, -0.25) is 0 Å². The average molecular weight is 191 g/mol. The molecule has 2 nitrogen and oxygen atoms in total. The van der Waals surface area contributed by atoms with Crippen molar-refractivity contribution in [3.8, 4) is 0 Å². The Bertz CT molecular complexity index is 192. The lowest BCUT2D eigenvalue weighted by atomic mass is 10.0. The summed E-state index contributed by atoms with van der Waals surface area (Å²) in [5, 5.41) is 2.97. The second-order valence-electron chi connectivity index (χ2n) is 3.10. The third-order valence-electron chi connectivity index (χ3n) is 2.01. The fourth-order valence-corrected chi connectivity index (χ4v) is 1.20. The predicted molar refractivity (Wildman–Crippen MR) is 46.5 cm³/mol. The van der Waals surface area contributed by atoms with E-state index in [0.29, 0.717) is 19.8 Å². The molecule has 0 aromatic carbocycles. The van der Waals surface area contributed by atoms with Gasteiger partial charge >= 0.3 is 0 Å². The fraction of sp³-hybridized carbons (Fsp3) is 0.778. The number of nitrogens with one attached hydrogen (secondary N) is 1. The molecule has 1 aliphatic carbocycles. The molecular formula is C9H15F2NO. The molecule has 1 rings (SSSR count). The first-order valence-electron chi connectivity index (χ1n) is 4.52. The van der Waals surface area contributed by atoms with Crippen molar-refractivity contribution in [2.24, 2.45) is 0 Å². The summed E-state index contributed by atoms with van der Waals surface area (Å²) in [5.41, 5.74) is 0.874. The van der Waals surface area contributed by atoms with E-state index < -0.39 is 5.92 Å². The van der Waals surface area contributed by atoms with Gasteiger partial charge in [-0.2, -0.15) is 0 Å². The third kappa shape index (κ3) is 3.72. The number of hydrogen-bond donors (Lipinski definition) is 1. The molecule has 0 fully saturated rings. The zero-order chi connectivity index (χ0) is 9.73. The predicted octanol–water partition coefficient (Wildman–Crippen LogP) is 2.27. The number of hydrogen-bond acceptors (Lipinski definition) is 2. The van der Waals surface area contributed by atoms with Gasteiger partial charge in [0.25, 0.3) is 5.92 Å². The van der Waals surface area contributed by atoms with Crippen molar-refractivity contribution < 1.29 is 13.5 Å². The Balaban J connectivity index is 2.25. The van der Waals surface area contributed by atoms with E-state index >= 15 is 0 Å². The smallest absolute Gasteiger partial charge is 0.252 e. The van der Waals surface area contributed by atoms with Crippen LogP contribution in [0.4, 0.5) is 8.78 Å². The van der Waals surface area contributed by atoms with Crippen LogP contribution in [0.25, 0.3) is 0 Å². The molecule has 0 heterocycles. The molecule has 1 N–H and O–H groups in total. The number of halogens is 2. The first-order chi connectivity index (χ1) is 6.14. The van der Waals surface area contributed by atoms with Crippen LogP contribution in [0.5, 0.6) is 0 Å². The minimum atomic E-state index is -2.50. The van der Waals surface area contributed by atoms with Crippen molar-refractivity contribution >= 4 is 0 Å². The molecule has 1 aliphatic rings. The van der Waals surface area contributed by atoms with Crippen LogP contribution >= 0.6 is 0 Å². The zero-order valence-electron chi connectivity index (χ0n) is 7.78. The van der Waals surface area contributed by atoms with Crippen LogP contribution in [0.15, 0.2) is 11.8 Å². The van der Waals surface area contributed by atoms with Gasteiger partial charge in [0.2, 0.25) is 0 Å². The highest BCUT2D eigenvalue weighted by molar-refractivity contribution is 5.06. The number of ether oxygens (including phenoxy) is 1. The van der Waals surface area contributed by atoms with Gasteiger partial charge in [-0.05, 0) is 13.3 Å². The Kier molecular flexibility index (Phi) is 3.66. The van der Waals surface area contributed by atoms with Crippen molar-refractivity contribution in [3.63, 3.8) is 0 Å². The Hall–Kier alpha value is -0.640. The van der Waals surface area contributed by atoms with Crippen molar-refractivity contribution in [1.82, 2.24) is 5.32 Å². The summed E-state index contributed by atoms with van der Waals surface area (Å²) in [4.78, 5) is 0. The maximum atomic E-state index is 12.7. The van der Waals surface area contributed by atoms with Crippen LogP contribution in [0, 0.1) is 0 Å². The topological polar surface area (TPSA) is 21.3 Å². The summed E-state index contributed by atoms with van der Waals surface area (Å²) in [5.74, 6) is -2.50. The monoisotopic (exact) mass is 191 g/mol. The maximum Gasteiger partial charge on any atom is 0.252 e.